The highest BCUT2D eigenvalue weighted by Gasteiger charge is 2.35. The minimum atomic E-state index is -0.00736. The molecule has 0 radical (unpaired) electrons. The van der Waals surface area contributed by atoms with Gasteiger partial charge in [-0.1, -0.05) is 123 Å². The fourth-order valence-corrected chi connectivity index (χ4v) is 7.97. The third-order valence-corrected chi connectivity index (χ3v) is 10.3. The monoisotopic (exact) mass is 604 g/mol. The number of nitrogens with zero attached hydrogens (tertiary/aromatic N) is 2. The van der Waals surface area contributed by atoms with Crippen molar-refractivity contribution in [1.29, 1.82) is 0 Å². The van der Waals surface area contributed by atoms with Gasteiger partial charge in [0.2, 0.25) is 0 Å². The Morgan fingerprint density at radius 1 is 0.596 bits per heavy atom. The molecule has 1 unspecified atom stereocenters. The summed E-state index contributed by atoms with van der Waals surface area (Å²) in [5.41, 5.74) is 14.1. The number of rotatable bonds is 5. The number of para-hydroxylation sites is 3. The van der Waals surface area contributed by atoms with Crippen LogP contribution in [0.15, 0.2) is 170 Å². The molecule has 0 aliphatic heterocycles. The van der Waals surface area contributed by atoms with E-state index in [1.54, 1.807) is 0 Å². The normalized spacial score (nSPS) is 16.2. The molecule has 2 heteroatoms. The first kappa shape index (κ1) is 27.7. The van der Waals surface area contributed by atoms with Crippen LogP contribution >= 0.6 is 0 Å². The van der Waals surface area contributed by atoms with Gasteiger partial charge < -0.3 is 9.47 Å². The quantitative estimate of drug-likeness (QED) is 0.190. The van der Waals surface area contributed by atoms with Crippen LogP contribution in [0.4, 0.5) is 11.4 Å². The zero-order valence-electron chi connectivity index (χ0n) is 26.8. The maximum absolute atomic E-state index is 2.42. The third-order valence-electron chi connectivity index (χ3n) is 10.3. The summed E-state index contributed by atoms with van der Waals surface area (Å²) in [6, 6.07) is 53.2. The van der Waals surface area contributed by atoms with Gasteiger partial charge in [-0.25, -0.2) is 0 Å². The largest absolute Gasteiger partial charge is 0.311 e. The van der Waals surface area contributed by atoms with Crippen LogP contribution in [0.5, 0.6) is 0 Å². The molecule has 2 aliphatic carbocycles. The Labute approximate surface area is 276 Å². The van der Waals surface area contributed by atoms with Crippen molar-refractivity contribution < 1.29 is 0 Å². The fraction of sp³-hybridized carbons (Fsp3) is 0.111. The SMILES string of the molecule is CC1(C)c2ccccc2-c2cc(N(C3=CCC(c4ccc5c6ccccc6n(-c6ccccc6)c5c4)C=C3)c3ccccc3)ccc21. The smallest absolute Gasteiger partial charge is 0.0544 e. The van der Waals surface area contributed by atoms with Crippen molar-refractivity contribution in [3.05, 3.63) is 186 Å². The van der Waals surface area contributed by atoms with Gasteiger partial charge in [0.05, 0.1) is 11.0 Å². The molecule has 2 nitrogen and oxygen atoms in total. The molecule has 226 valence electrons. The van der Waals surface area contributed by atoms with Gasteiger partial charge in [-0.2, -0.15) is 0 Å². The van der Waals surface area contributed by atoms with E-state index in [4.69, 9.17) is 0 Å². The van der Waals surface area contributed by atoms with Crippen LogP contribution in [0.1, 0.15) is 42.9 Å². The van der Waals surface area contributed by atoms with Gasteiger partial charge in [0.25, 0.3) is 0 Å². The van der Waals surface area contributed by atoms with E-state index >= 15 is 0 Å². The molecule has 0 amide bonds. The van der Waals surface area contributed by atoms with Crippen molar-refractivity contribution in [2.24, 2.45) is 0 Å². The Hall–Kier alpha value is -5.60. The molecule has 0 saturated heterocycles. The standard InChI is InChI=1S/C45H36N2/c1-45(2)41-19-11-9-17-37(41)40-30-36(26-28-42(40)45)46(33-13-5-3-6-14-33)35-24-21-31(22-25-35)32-23-27-39-38-18-10-12-20-43(38)47(44(39)29-32)34-15-7-4-8-16-34/h3-21,23-31H,22H2,1-2H3. The van der Waals surface area contributed by atoms with Crippen molar-refractivity contribution in [3.63, 3.8) is 0 Å². The number of allylic oxidation sites excluding steroid dienone is 3. The number of hydrogen-bond donors (Lipinski definition) is 0. The average Bonchev–Trinajstić information content (AvgIpc) is 3.57. The van der Waals surface area contributed by atoms with Gasteiger partial charge in [0.15, 0.2) is 0 Å². The Balaban J connectivity index is 1.10. The van der Waals surface area contributed by atoms with Crippen molar-refractivity contribution in [2.45, 2.75) is 31.6 Å². The van der Waals surface area contributed by atoms with Gasteiger partial charge >= 0.3 is 0 Å². The molecule has 0 fully saturated rings. The number of aromatic nitrogens is 1. The highest BCUT2D eigenvalue weighted by molar-refractivity contribution is 6.09. The summed E-state index contributed by atoms with van der Waals surface area (Å²) < 4.78 is 2.41. The van der Waals surface area contributed by atoms with E-state index < -0.39 is 0 Å². The van der Waals surface area contributed by atoms with Crippen LogP contribution in [-0.2, 0) is 5.41 Å². The maximum Gasteiger partial charge on any atom is 0.0544 e. The van der Waals surface area contributed by atoms with E-state index in [1.807, 2.05) is 0 Å². The van der Waals surface area contributed by atoms with E-state index in [-0.39, 0.29) is 5.41 Å². The molecule has 0 bridgehead atoms. The predicted molar refractivity (Wildman–Crippen MR) is 198 cm³/mol. The lowest BCUT2D eigenvalue weighted by atomic mass is 9.82. The summed E-state index contributed by atoms with van der Waals surface area (Å²) in [5, 5.41) is 2.58. The molecule has 1 aromatic heterocycles. The van der Waals surface area contributed by atoms with Crippen molar-refractivity contribution in [1.82, 2.24) is 4.57 Å². The lowest BCUT2D eigenvalue weighted by Gasteiger charge is -2.30. The fourth-order valence-electron chi connectivity index (χ4n) is 7.97. The second-order valence-electron chi connectivity index (χ2n) is 13.4. The molecule has 6 aromatic carbocycles. The third kappa shape index (κ3) is 4.40. The summed E-state index contributed by atoms with van der Waals surface area (Å²) in [7, 11) is 0. The van der Waals surface area contributed by atoms with E-state index in [1.165, 1.54) is 72.4 Å². The van der Waals surface area contributed by atoms with Gasteiger partial charge in [0, 0.05) is 44.9 Å². The number of benzene rings is 6. The van der Waals surface area contributed by atoms with Crippen LogP contribution in [0.2, 0.25) is 0 Å². The first-order valence-corrected chi connectivity index (χ1v) is 16.6. The maximum atomic E-state index is 2.42. The van der Waals surface area contributed by atoms with E-state index in [0.717, 1.165) is 6.42 Å². The number of fused-ring (bicyclic) bond motifs is 6. The zero-order valence-corrected chi connectivity index (χ0v) is 26.8. The molecule has 47 heavy (non-hydrogen) atoms. The summed E-state index contributed by atoms with van der Waals surface area (Å²) >= 11 is 0. The molecular weight excluding hydrogens is 569 g/mol. The number of hydrogen-bond acceptors (Lipinski definition) is 1. The van der Waals surface area contributed by atoms with E-state index in [0.29, 0.717) is 5.92 Å². The van der Waals surface area contributed by atoms with E-state index in [9.17, 15) is 0 Å². The predicted octanol–water partition coefficient (Wildman–Crippen LogP) is 11.9. The second-order valence-corrected chi connectivity index (χ2v) is 13.4. The number of anilines is 2. The summed E-state index contributed by atoms with van der Waals surface area (Å²) in [4.78, 5) is 2.41. The molecule has 1 atom stereocenters. The highest BCUT2D eigenvalue weighted by atomic mass is 15.1. The van der Waals surface area contributed by atoms with Crippen molar-refractivity contribution >= 4 is 33.2 Å². The van der Waals surface area contributed by atoms with Crippen LogP contribution in [-0.4, -0.2) is 4.57 Å². The van der Waals surface area contributed by atoms with Crippen molar-refractivity contribution in [2.75, 3.05) is 4.90 Å². The minimum absolute atomic E-state index is 0.00736. The Morgan fingerprint density at radius 2 is 1.30 bits per heavy atom. The van der Waals surface area contributed by atoms with Gasteiger partial charge in [-0.15, -0.1) is 0 Å². The summed E-state index contributed by atoms with van der Waals surface area (Å²) in [6.45, 7) is 4.69. The summed E-state index contributed by atoms with van der Waals surface area (Å²) in [5.74, 6) is 0.302. The van der Waals surface area contributed by atoms with Crippen LogP contribution < -0.4 is 4.90 Å². The minimum Gasteiger partial charge on any atom is -0.311 e. The zero-order chi connectivity index (χ0) is 31.5. The molecule has 2 aliphatic rings. The van der Waals surface area contributed by atoms with Gasteiger partial charge in [0.1, 0.15) is 0 Å². The van der Waals surface area contributed by atoms with Crippen LogP contribution in [0.3, 0.4) is 0 Å². The Kier molecular flexibility index (Phi) is 6.33. The molecule has 0 saturated carbocycles. The molecule has 1 heterocycles. The topological polar surface area (TPSA) is 8.17 Å². The lowest BCUT2D eigenvalue weighted by Crippen LogP contribution is -2.18. The Morgan fingerprint density at radius 3 is 2.11 bits per heavy atom. The lowest BCUT2D eigenvalue weighted by molar-refractivity contribution is 0.660. The molecule has 7 aromatic rings. The molecular formula is C45H36N2. The van der Waals surface area contributed by atoms with Crippen LogP contribution in [0, 0.1) is 0 Å². The second kappa shape index (κ2) is 10.7. The average molecular weight is 605 g/mol. The summed E-state index contributed by atoms with van der Waals surface area (Å²) in [6.07, 6.45) is 8.07. The van der Waals surface area contributed by atoms with Gasteiger partial charge in [-0.3, -0.25) is 0 Å². The van der Waals surface area contributed by atoms with E-state index in [2.05, 4.69) is 187 Å². The van der Waals surface area contributed by atoms with Crippen LogP contribution in [0.25, 0.3) is 38.6 Å². The van der Waals surface area contributed by atoms with Crippen molar-refractivity contribution in [3.8, 4) is 16.8 Å². The van der Waals surface area contributed by atoms with Gasteiger partial charge in [-0.05, 0) is 88.8 Å². The first-order valence-electron chi connectivity index (χ1n) is 16.6. The first-order chi connectivity index (χ1) is 23.1. The Bertz CT molecular complexity index is 2360. The molecule has 0 N–H and O–H groups in total. The molecule has 9 rings (SSSR count). The molecule has 0 spiro atoms. The highest BCUT2D eigenvalue weighted by Crippen LogP contribution is 2.50.